The van der Waals surface area contributed by atoms with E-state index in [1.807, 2.05) is 0 Å². The molecule has 174 valence electrons. The number of amides is 2. The number of rotatable bonds is 9. The lowest BCUT2D eigenvalue weighted by molar-refractivity contribution is -0.150. The minimum Gasteiger partial charge on any atom is -0.477 e. The molecule has 11 nitrogen and oxygen atoms in total. The van der Waals surface area contributed by atoms with E-state index in [9.17, 15) is 19.5 Å². The molecule has 2 amide bonds. The van der Waals surface area contributed by atoms with Crippen LogP contribution in [0.4, 0.5) is 5.69 Å². The fourth-order valence-electron chi connectivity index (χ4n) is 3.58. The summed E-state index contributed by atoms with van der Waals surface area (Å²) < 4.78 is 4.99. The molecule has 2 atom stereocenters. The number of anilines is 1. The minimum atomic E-state index is -1.18. The summed E-state index contributed by atoms with van der Waals surface area (Å²) in [7, 11) is 1.55. The number of carboxylic acids is 1. The van der Waals surface area contributed by atoms with Crippen LogP contribution in [-0.2, 0) is 32.1 Å². The van der Waals surface area contributed by atoms with Crippen LogP contribution in [0.15, 0.2) is 40.7 Å². The predicted molar refractivity (Wildman–Crippen MR) is 122 cm³/mol. The molecule has 0 saturated carbocycles. The number of nitrogens with two attached hydrogens (primary N) is 1. The number of fused-ring (bicyclic) bond motifs is 1. The average molecular weight is 491 g/mol. The van der Waals surface area contributed by atoms with E-state index >= 15 is 0 Å². The second-order valence-corrected chi connectivity index (χ2v) is 9.42. The molecule has 33 heavy (non-hydrogen) atoms. The molecule has 0 spiro atoms. The summed E-state index contributed by atoms with van der Waals surface area (Å²) in [5.41, 5.74) is 7.61. The zero-order valence-electron chi connectivity index (χ0n) is 17.6. The Labute approximate surface area is 197 Å². The smallest absolute Gasteiger partial charge is 0.352 e. The van der Waals surface area contributed by atoms with Crippen LogP contribution in [0.3, 0.4) is 0 Å². The first kappa shape index (κ1) is 23.1. The number of methoxy groups -OCH3 is 1. The first-order valence-corrected chi connectivity index (χ1v) is 12.0. The van der Waals surface area contributed by atoms with Gasteiger partial charge in [0.25, 0.3) is 5.91 Å². The lowest BCUT2D eigenvalue weighted by Crippen LogP contribution is -2.70. The number of nitrogens with zero attached hydrogens (tertiary/aromatic N) is 3. The first-order chi connectivity index (χ1) is 15.9. The summed E-state index contributed by atoms with van der Waals surface area (Å²) in [6, 6.07) is 6.24. The number of benzene rings is 1. The van der Waals surface area contributed by atoms with E-state index in [2.05, 4.69) is 20.5 Å². The van der Waals surface area contributed by atoms with E-state index in [1.54, 1.807) is 31.4 Å². The largest absolute Gasteiger partial charge is 0.477 e. The van der Waals surface area contributed by atoms with Gasteiger partial charge in [0.2, 0.25) is 11.1 Å². The van der Waals surface area contributed by atoms with Crippen LogP contribution in [0, 0.1) is 0 Å². The number of aromatic nitrogens is 3. The third-order valence-corrected chi connectivity index (χ3v) is 7.41. The molecular weight excluding hydrogens is 468 g/mol. The van der Waals surface area contributed by atoms with Gasteiger partial charge in [0.1, 0.15) is 23.7 Å². The molecule has 1 aromatic carbocycles. The van der Waals surface area contributed by atoms with E-state index in [0.717, 1.165) is 0 Å². The molecule has 0 aliphatic carbocycles. The van der Waals surface area contributed by atoms with Gasteiger partial charge in [0, 0.05) is 24.3 Å². The Bertz CT molecular complexity index is 1120. The zero-order valence-corrected chi connectivity index (χ0v) is 19.2. The van der Waals surface area contributed by atoms with Crippen molar-refractivity contribution in [3.8, 4) is 0 Å². The molecule has 2 aliphatic rings. The summed E-state index contributed by atoms with van der Waals surface area (Å²) in [5, 5.41) is 19.3. The second kappa shape index (κ2) is 9.85. The number of para-hydroxylation sites is 1. The van der Waals surface area contributed by atoms with Gasteiger partial charge in [-0.05, 0) is 17.2 Å². The van der Waals surface area contributed by atoms with Crippen LogP contribution in [0.5, 0.6) is 0 Å². The maximum atomic E-state index is 12.8. The van der Waals surface area contributed by atoms with Gasteiger partial charge in [0.05, 0.1) is 6.42 Å². The summed E-state index contributed by atoms with van der Waals surface area (Å²) >= 11 is 2.69. The van der Waals surface area contributed by atoms with Crippen LogP contribution in [-0.4, -0.2) is 73.0 Å². The molecule has 1 fully saturated rings. The number of H-pyrrole nitrogens is 1. The number of nitrogens with one attached hydrogen (secondary N) is 2. The van der Waals surface area contributed by atoms with Crippen LogP contribution in [0.2, 0.25) is 0 Å². The third-order valence-electron chi connectivity index (χ3n) is 5.14. The van der Waals surface area contributed by atoms with Gasteiger partial charge in [0.15, 0.2) is 5.82 Å². The number of hydrogen-bond donors (Lipinski definition) is 4. The monoisotopic (exact) mass is 490 g/mol. The zero-order chi connectivity index (χ0) is 23.5. The number of thioether (sulfide) groups is 2. The molecule has 5 N–H and O–H groups in total. The Morgan fingerprint density at radius 2 is 2.21 bits per heavy atom. The minimum absolute atomic E-state index is 0.0401. The van der Waals surface area contributed by atoms with Crippen molar-refractivity contribution in [1.29, 1.82) is 0 Å². The quantitative estimate of drug-likeness (QED) is 0.222. The Hall–Kier alpha value is -3.03. The molecule has 0 bridgehead atoms. The number of carbonyl (C=O) groups excluding carboxylic acids is 2. The van der Waals surface area contributed by atoms with Gasteiger partial charge in [-0.25, -0.2) is 9.78 Å². The fourth-order valence-corrected chi connectivity index (χ4v) is 5.88. The number of carbonyl (C=O) groups is 3. The lowest BCUT2D eigenvalue weighted by atomic mass is 10.0. The number of β-lactam (4-membered cyclic amide) rings is 1. The van der Waals surface area contributed by atoms with Crippen LogP contribution in [0.25, 0.3) is 0 Å². The van der Waals surface area contributed by atoms with Gasteiger partial charge >= 0.3 is 5.97 Å². The Morgan fingerprint density at radius 1 is 1.42 bits per heavy atom. The van der Waals surface area contributed by atoms with Crippen molar-refractivity contribution in [1.82, 2.24) is 25.4 Å². The third kappa shape index (κ3) is 4.84. The van der Waals surface area contributed by atoms with Crippen molar-refractivity contribution in [2.45, 2.75) is 29.6 Å². The topological polar surface area (TPSA) is 164 Å². The van der Waals surface area contributed by atoms with E-state index in [1.165, 1.54) is 28.4 Å². The normalized spacial score (nSPS) is 19.8. The number of nitrogen functional groups attached to an aromatic ring is 1. The highest BCUT2D eigenvalue weighted by molar-refractivity contribution is 8.01. The van der Waals surface area contributed by atoms with Gasteiger partial charge in [-0.15, -0.1) is 16.9 Å². The van der Waals surface area contributed by atoms with Gasteiger partial charge < -0.3 is 20.9 Å². The number of aliphatic carboxylic acids is 1. The highest BCUT2D eigenvalue weighted by atomic mass is 32.2. The molecule has 0 radical (unpaired) electrons. The maximum absolute atomic E-state index is 12.8. The molecule has 2 aromatic rings. The predicted octanol–water partition coefficient (Wildman–Crippen LogP) is 0.607. The molecule has 1 aromatic heterocycles. The molecule has 1 saturated heterocycles. The molecular formula is C20H22N6O5S2. The molecule has 13 heteroatoms. The number of aromatic amines is 1. The Morgan fingerprint density at radius 3 is 2.94 bits per heavy atom. The van der Waals surface area contributed by atoms with Crippen molar-refractivity contribution in [2.75, 3.05) is 24.3 Å². The molecule has 2 aliphatic heterocycles. The van der Waals surface area contributed by atoms with Crippen LogP contribution >= 0.6 is 23.5 Å². The van der Waals surface area contributed by atoms with E-state index in [-0.39, 0.29) is 18.0 Å². The van der Waals surface area contributed by atoms with Crippen LogP contribution < -0.4 is 11.1 Å². The lowest BCUT2D eigenvalue weighted by Gasteiger charge is -2.49. The van der Waals surface area contributed by atoms with Gasteiger partial charge in [-0.3, -0.25) is 19.6 Å². The van der Waals surface area contributed by atoms with Crippen molar-refractivity contribution in [3.05, 3.63) is 46.9 Å². The van der Waals surface area contributed by atoms with Gasteiger partial charge in [-0.1, -0.05) is 30.0 Å². The Balaban J connectivity index is 1.41. The number of ether oxygens (including phenoxy) is 1. The molecule has 3 heterocycles. The second-order valence-electron chi connectivity index (χ2n) is 7.37. The maximum Gasteiger partial charge on any atom is 0.352 e. The van der Waals surface area contributed by atoms with Crippen molar-refractivity contribution >= 4 is 47.0 Å². The first-order valence-electron chi connectivity index (χ1n) is 9.94. The SMILES string of the molecule is COCc1nc(SCC2=C(C(=O)O)N3C(=O)C(NC(=O)Cc4ccccc4N)[C@@H]3SC2)n[nH]1. The number of carboxylic acid groups (broad SMARTS) is 1. The summed E-state index contributed by atoms with van der Waals surface area (Å²) in [5.74, 6) is -0.664. The summed E-state index contributed by atoms with van der Waals surface area (Å²) in [6.45, 7) is 0.292. The van der Waals surface area contributed by atoms with E-state index < -0.39 is 23.3 Å². The van der Waals surface area contributed by atoms with Crippen molar-refractivity contribution < 1.29 is 24.2 Å². The summed E-state index contributed by atoms with van der Waals surface area (Å²) in [4.78, 5) is 42.8. The molecule has 1 unspecified atom stereocenters. The van der Waals surface area contributed by atoms with Crippen molar-refractivity contribution in [3.63, 3.8) is 0 Å². The highest BCUT2D eigenvalue weighted by Crippen LogP contribution is 2.41. The Kier molecular flexibility index (Phi) is 6.91. The van der Waals surface area contributed by atoms with E-state index in [4.69, 9.17) is 10.5 Å². The van der Waals surface area contributed by atoms with E-state index in [0.29, 0.717) is 45.9 Å². The highest BCUT2D eigenvalue weighted by Gasteiger charge is 2.54. The van der Waals surface area contributed by atoms with Gasteiger partial charge in [-0.2, -0.15) is 0 Å². The summed E-state index contributed by atoms with van der Waals surface area (Å²) in [6.07, 6.45) is 0.0408. The average Bonchev–Trinajstić information content (AvgIpc) is 3.24. The number of hydrogen-bond acceptors (Lipinski definition) is 9. The van der Waals surface area contributed by atoms with Crippen LogP contribution in [0.1, 0.15) is 11.4 Å². The standard InChI is InChI=1S/C20H22N6O5S2/c1-31-7-13-22-20(25-24-13)33-9-11-8-32-18-15(17(28)26(18)16(11)19(29)30)23-14(27)6-10-4-2-3-5-12(10)21/h2-5,15,18H,6-9,21H2,1H3,(H,23,27)(H,29,30)(H,22,24,25)/t15?,18-/m0/s1. The molecule has 4 rings (SSSR count). The van der Waals surface area contributed by atoms with Crippen molar-refractivity contribution in [2.24, 2.45) is 0 Å². The fraction of sp³-hybridized carbons (Fsp3) is 0.350.